The Hall–Kier alpha value is -3.19. The second-order valence-electron chi connectivity index (χ2n) is 7.89. The van der Waals surface area contributed by atoms with Crippen molar-refractivity contribution in [3.8, 4) is 0 Å². The van der Waals surface area contributed by atoms with E-state index in [2.05, 4.69) is 16.6 Å². The Balaban J connectivity index is 1.78. The zero-order valence-electron chi connectivity index (χ0n) is 18.7. The molecule has 0 bridgehead atoms. The van der Waals surface area contributed by atoms with Crippen molar-refractivity contribution in [1.29, 1.82) is 0 Å². The molecule has 0 saturated carbocycles. The molecular formula is C25H29N3O3S. The van der Waals surface area contributed by atoms with Gasteiger partial charge in [-0.1, -0.05) is 43.7 Å². The van der Waals surface area contributed by atoms with Gasteiger partial charge in [-0.3, -0.25) is 4.79 Å². The third kappa shape index (κ3) is 5.95. The van der Waals surface area contributed by atoms with Crippen molar-refractivity contribution in [2.45, 2.75) is 44.6 Å². The molecule has 1 heterocycles. The average molecular weight is 452 g/mol. The molecule has 3 rings (SSSR count). The topological polar surface area (TPSA) is 82.7 Å². The number of carbonyl (C=O) groups is 1. The van der Waals surface area contributed by atoms with E-state index in [4.69, 9.17) is 0 Å². The molecule has 3 aromatic rings. The van der Waals surface area contributed by atoms with Crippen LogP contribution >= 0.6 is 0 Å². The molecule has 0 saturated heterocycles. The summed E-state index contributed by atoms with van der Waals surface area (Å²) in [5, 5.41) is 0. The van der Waals surface area contributed by atoms with Crippen molar-refractivity contribution in [3.05, 3.63) is 94.0 Å². The van der Waals surface area contributed by atoms with Crippen LogP contribution < -0.4 is 4.98 Å². The fourth-order valence-corrected chi connectivity index (χ4v) is 4.65. The number of benzene rings is 2. The first kappa shape index (κ1) is 23.5. The molecule has 0 fully saturated rings. The number of carbonyl (C=O) groups excluding carboxylic acids is 1. The number of H-pyrrole nitrogens is 1. The number of nitrogens with zero attached hydrogens (tertiary/aromatic N) is 2. The zero-order valence-corrected chi connectivity index (χ0v) is 19.5. The van der Waals surface area contributed by atoms with Gasteiger partial charge in [0.05, 0.1) is 11.4 Å². The Kier molecular flexibility index (Phi) is 7.64. The van der Waals surface area contributed by atoms with Gasteiger partial charge in [0, 0.05) is 24.2 Å². The van der Waals surface area contributed by atoms with Crippen LogP contribution in [0.25, 0.3) is 4.72 Å². The molecule has 2 aromatic carbocycles. The highest BCUT2D eigenvalue weighted by atomic mass is 32.2. The number of hydrogen-bond donors (Lipinski definition) is 0. The van der Waals surface area contributed by atoms with Gasteiger partial charge >= 0.3 is 0 Å². The van der Waals surface area contributed by atoms with Crippen LogP contribution in [0, 0.1) is 6.92 Å². The predicted octanol–water partition coefficient (Wildman–Crippen LogP) is 4.82. The van der Waals surface area contributed by atoms with Crippen LogP contribution in [0.15, 0.2) is 71.9 Å². The summed E-state index contributed by atoms with van der Waals surface area (Å²) in [6.45, 7) is 4.24. The second kappa shape index (κ2) is 10.4. The monoisotopic (exact) mass is 451 g/mol. The van der Waals surface area contributed by atoms with Crippen LogP contribution in [0.5, 0.6) is 0 Å². The lowest BCUT2D eigenvalue weighted by Gasteiger charge is -2.24. The number of pyridine rings is 1. The highest BCUT2D eigenvalue weighted by Crippen LogP contribution is 2.30. The van der Waals surface area contributed by atoms with Gasteiger partial charge in [0.1, 0.15) is 10.0 Å². The first-order valence-electron chi connectivity index (χ1n) is 10.7. The normalized spacial score (nSPS) is 11.2. The van der Waals surface area contributed by atoms with Crippen LogP contribution in [0.3, 0.4) is 0 Å². The van der Waals surface area contributed by atoms with Gasteiger partial charge in [0.15, 0.2) is 12.4 Å². The molecule has 0 unspecified atom stereocenters. The second-order valence-corrected chi connectivity index (χ2v) is 9.46. The Bertz CT molecular complexity index is 1160. The van der Waals surface area contributed by atoms with Gasteiger partial charge in [-0.05, 0) is 49.1 Å². The van der Waals surface area contributed by atoms with Crippen LogP contribution in [-0.2, 0) is 23.0 Å². The van der Waals surface area contributed by atoms with Crippen molar-refractivity contribution in [2.75, 3.05) is 7.05 Å². The summed E-state index contributed by atoms with van der Waals surface area (Å²) in [5.74, 6) is -0.259. The number of unbranched alkanes of at least 4 members (excludes halogenated alkanes) is 1. The lowest BCUT2D eigenvalue weighted by atomic mass is 10.1. The molecule has 0 aliphatic heterocycles. The summed E-state index contributed by atoms with van der Waals surface area (Å²) >= 11 is 0. The van der Waals surface area contributed by atoms with Crippen molar-refractivity contribution in [1.82, 2.24) is 4.90 Å². The summed E-state index contributed by atoms with van der Waals surface area (Å²) in [4.78, 5) is 17.5. The molecule has 168 valence electrons. The molecule has 1 amide bonds. The quantitative estimate of drug-likeness (QED) is 0.468. The van der Waals surface area contributed by atoms with E-state index in [1.807, 2.05) is 30.5 Å². The summed E-state index contributed by atoms with van der Waals surface area (Å²) in [6, 6.07) is 15.7. The standard InChI is InChI=1S/C25H28N3O3S/c1-4-5-7-20-10-13-23(14-11-20)27-32(30,31)24-16-22(12-9-19(24)2)25(29)28(3)18-21-8-6-15-26-17-21/h6,8-17H,4-5,7,18H2,1-3H3/q-1/p+1. The maximum atomic E-state index is 13.0. The van der Waals surface area contributed by atoms with E-state index < -0.39 is 10.0 Å². The zero-order chi connectivity index (χ0) is 23.1. The van der Waals surface area contributed by atoms with Gasteiger partial charge < -0.3 is 9.62 Å². The fraction of sp³-hybridized carbons (Fsp3) is 0.280. The van der Waals surface area contributed by atoms with E-state index in [1.54, 1.807) is 49.3 Å². The summed E-state index contributed by atoms with van der Waals surface area (Å²) in [6.07, 6.45) is 6.77. The Morgan fingerprint density at radius 1 is 1.06 bits per heavy atom. The van der Waals surface area contributed by atoms with Gasteiger partial charge in [0.25, 0.3) is 5.91 Å². The van der Waals surface area contributed by atoms with Crippen LogP contribution in [-0.4, -0.2) is 26.3 Å². The minimum Gasteiger partial charge on any atom is -0.573 e. The van der Waals surface area contributed by atoms with Gasteiger partial charge in [-0.15, -0.1) is 5.69 Å². The molecule has 0 aliphatic carbocycles. The molecule has 0 spiro atoms. The Labute approximate surface area is 190 Å². The molecular weight excluding hydrogens is 422 g/mol. The largest absolute Gasteiger partial charge is 0.573 e. The molecule has 1 N–H and O–H groups in total. The number of rotatable bonds is 9. The average Bonchev–Trinajstić information content (AvgIpc) is 2.78. The first-order valence-corrected chi connectivity index (χ1v) is 12.1. The lowest BCUT2D eigenvalue weighted by Crippen LogP contribution is -2.27. The summed E-state index contributed by atoms with van der Waals surface area (Å²) in [7, 11) is -2.28. The molecule has 0 atom stereocenters. The maximum Gasteiger partial charge on any atom is 0.253 e. The number of hydrogen-bond acceptors (Lipinski definition) is 3. The van der Waals surface area contributed by atoms with Crippen LogP contribution in [0.1, 0.15) is 46.8 Å². The summed E-state index contributed by atoms with van der Waals surface area (Å²) < 4.78 is 30.0. The molecule has 7 heteroatoms. The molecule has 0 aliphatic rings. The van der Waals surface area contributed by atoms with Crippen molar-refractivity contribution >= 4 is 21.6 Å². The van der Waals surface area contributed by atoms with Gasteiger partial charge in [0.2, 0.25) is 0 Å². The van der Waals surface area contributed by atoms with E-state index >= 15 is 0 Å². The minimum atomic E-state index is -3.97. The van der Waals surface area contributed by atoms with E-state index in [0.717, 1.165) is 30.4 Å². The molecule has 32 heavy (non-hydrogen) atoms. The van der Waals surface area contributed by atoms with Crippen molar-refractivity contribution in [3.63, 3.8) is 0 Å². The number of aromatic amines is 1. The summed E-state index contributed by atoms with van der Waals surface area (Å²) in [5.41, 5.74) is 3.33. The highest BCUT2D eigenvalue weighted by molar-refractivity contribution is 7.94. The fourth-order valence-electron chi connectivity index (χ4n) is 3.40. The van der Waals surface area contributed by atoms with E-state index in [0.29, 0.717) is 23.4 Å². The number of amides is 1. The van der Waals surface area contributed by atoms with E-state index in [1.165, 1.54) is 6.07 Å². The van der Waals surface area contributed by atoms with Gasteiger partial charge in [-0.25, -0.2) is 13.4 Å². The third-order valence-corrected chi connectivity index (χ3v) is 6.68. The SMILES string of the molecule is CCCCc1ccc([N-]S(=O)(=O)c2cc(C(=O)N(C)Cc3ccc[nH+]c3)ccc2C)cc1. The Morgan fingerprint density at radius 3 is 2.47 bits per heavy atom. The van der Waals surface area contributed by atoms with Gasteiger partial charge in [-0.2, -0.15) is 0 Å². The molecule has 0 radical (unpaired) electrons. The van der Waals surface area contributed by atoms with E-state index in [9.17, 15) is 13.2 Å². The van der Waals surface area contributed by atoms with Crippen LogP contribution in [0.4, 0.5) is 5.69 Å². The Morgan fingerprint density at radius 2 is 1.81 bits per heavy atom. The lowest BCUT2D eigenvalue weighted by molar-refractivity contribution is -0.378. The minimum absolute atomic E-state index is 0.0415. The molecule has 6 nitrogen and oxygen atoms in total. The maximum absolute atomic E-state index is 13.0. The van der Waals surface area contributed by atoms with Crippen molar-refractivity contribution in [2.24, 2.45) is 0 Å². The number of nitrogens with one attached hydrogen (secondary N) is 1. The first-order chi connectivity index (χ1) is 15.3. The smallest absolute Gasteiger partial charge is 0.253 e. The number of sulfonamides is 1. The van der Waals surface area contributed by atoms with E-state index in [-0.39, 0.29) is 10.8 Å². The highest BCUT2D eigenvalue weighted by Gasteiger charge is 2.17. The predicted molar refractivity (Wildman–Crippen MR) is 125 cm³/mol. The van der Waals surface area contributed by atoms with Crippen molar-refractivity contribution < 1.29 is 18.2 Å². The third-order valence-electron chi connectivity index (χ3n) is 5.23. The number of aryl methyl sites for hydroxylation is 2. The van der Waals surface area contributed by atoms with Crippen LogP contribution in [0.2, 0.25) is 0 Å². The molecule has 1 aromatic heterocycles. The number of aromatic nitrogens is 1.